The smallest absolute Gasteiger partial charge is 0.129 e. The Bertz CT molecular complexity index is 199. The van der Waals surface area contributed by atoms with Gasteiger partial charge in [-0.3, -0.25) is 5.32 Å². The van der Waals surface area contributed by atoms with Crippen molar-refractivity contribution in [2.45, 2.75) is 39.0 Å². The van der Waals surface area contributed by atoms with Gasteiger partial charge in [0.05, 0.1) is 6.10 Å². The standard InChI is InChI=1S/C10H19NOS/c1-8-9(2,3)6-11-10(12-8)4-5-13-7-10/h8,11H,4-7H2,1-3H3. The van der Waals surface area contributed by atoms with Crippen molar-refractivity contribution in [3.63, 3.8) is 0 Å². The van der Waals surface area contributed by atoms with Crippen molar-refractivity contribution in [2.75, 3.05) is 18.1 Å². The van der Waals surface area contributed by atoms with Crippen LogP contribution in [0.5, 0.6) is 0 Å². The number of rotatable bonds is 0. The molecule has 0 amide bonds. The van der Waals surface area contributed by atoms with E-state index >= 15 is 0 Å². The van der Waals surface area contributed by atoms with E-state index in [2.05, 4.69) is 26.1 Å². The van der Waals surface area contributed by atoms with E-state index < -0.39 is 0 Å². The summed E-state index contributed by atoms with van der Waals surface area (Å²) in [5, 5.41) is 3.57. The van der Waals surface area contributed by atoms with Gasteiger partial charge in [0.2, 0.25) is 0 Å². The molecule has 0 aromatic rings. The van der Waals surface area contributed by atoms with E-state index in [0.717, 1.165) is 18.7 Å². The second kappa shape index (κ2) is 3.14. The largest absolute Gasteiger partial charge is 0.356 e. The number of nitrogens with one attached hydrogen (secondary N) is 1. The highest BCUT2D eigenvalue weighted by Gasteiger charge is 2.45. The maximum absolute atomic E-state index is 6.12. The minimum atomic E-state index is 0.0135. The summed E-state index contributed by atoms with van der Waals surface area (Å²) in [6, 6.07) is 0. The Hall–Kier alpha value is 0.270. The van der Waals surface area contributed by atoms with Crippen LogP contribution in [0.3, 0.4) is 0 Å². The molecule has 2 unspecified atom stereocenters. The lowest BCUT2D eigenvalue weighted by Gasteiger charge is -2.46. The molecule has 2 aliphatic heterocycles. The van der Waals surface area contributed by atoms with Gasteiger partial charge in [0, 0.05) is 17.7 Å². The highest BCUT2D eigenvalue weighted by molar-refractivity contribution is 7.99. The molecule has 3 heteroatoms. The zero-order valence-corrected chi connectivity index (χ0v) is 9.54. The van der Waals surface area contributed by atoms with Crippen LogP contribution in [0.25, 0.3) is 0 Å². The molecule has 2 nitrogen and oxygen atoms in total. The van der Waals surface area contributed by atoms with E-state index in [9.17, 15) is 0 Å². The van der Waals surface area contributed by atoms with Crippen LogP contribution in [-0.4, -0.2) is 29.9 Å². The van der Waals surface area contributed by atoms with E-state index in [-0.39, 0.29) is 11.1 Å². The first kappa shape index (κ1) is 9.81. The number of hydrogen-bond donors (Lipinski definition) is 1. The summed E-state index contributed by atoms with van der Waals surface area (Å²) in [5.74, 6) is 2.35. The van der Waals surface area contributed by atoms with Gasteiger partial charge in [-0.2, -0.15) is 11.8 Å². The van der Waals surface area contributed by atoms with E-state index in [4.69, 9.17) is 4.74 Å². The third-order valence-electron chi connectivity index (χ3n) is 3.35. The summed E-state index contributed by atoms with van der Waals surface area (Å²) < 4.78 is 6.12. The SMILES string of the molecule is CC1OC2(CCSC2)NCC1(C)C. The van der Waals surface area contributed by atoms with Crippen LogP contribution in [0, 0.1) is 5.41 Å². The zero-order valence-electron chi connectivity index (χ0n) is 8.72. The second-order valence-corrected chi connectivity index (χ2v) is 6.00. The summed E-state index contributed by atoms with van der Waals surface area (Å²) >= 11 is 1.99. The molecule has 0 bridgehead atoms. The minimum absolute atomic E-state index is 0.0135. The predicted molar refractivity (Wildman–Crippen MR) is 57.0 cm³/mol. The van der Waals surface area contributed by atoms with Gasteiger partial charge in [0.25, 0.3) is 0 Å². The Morgan fingerprint density at radius 1 is 1.46 bits per heavy atom. The average molecular weight is 201 g/mol. The molecule has 13 heavy (non-hydrogen) atoms. The first-order valence-corrected chi connectivity index (χ1v) is 6.20. The lowest BCUT2D eigenvalue weighted by Crippen LogP contribution is -2.60. The van der Waals surface area contributed by atoms with E-state index in [1.165, 1.54) is 5.75 Å². The van der Waals surface area contributed by atoms with Gasteiger partial charge in [0.1, 0.15) is 5.72 Å². The number of ether oxygens (including phenoxy) is 1. The summed E-state index contributed by atoms with van der Waals surface area (Å²) in [7, 11) is 0. The highest BCUT2D eigenvalue weighted by Crippen LogP contribution is 2.38. The molecule has 2 atom stereocenters. The first-order chi connectivity index (χ1) is 6.04. The molecule has 0 aromatic carbocycles. The Kier molecular flexibility index (Phi) is 2.37. The topological polar surface area (TPSA) is 21.3 Å². The molecule has 2 aliphatic rings. The van der Waals surface area contributed by atoms with E-state index in [1.54, 1.807) is 0 Å². The first-order valence-electron chi connectivity index (χ1n) is 5.05. The summed E-state index contributed by atoms with van der Waals surface area (Å²) in [6.07, 6.45) is 1.53. The summed E-state index contributed by atoms with van der Waals surface area (Å²) in [4.78, 5) is 0. The van der Waals surface area contributed by atoms with Crippen LogP contribution < -0.4 is 5.32 Å². The molecular formula is C10H19NOS. The van der Waals surface area contributed by atoms with Crippen LogP contribution in [0.1, 0.15) is 27.2 Å². The molecule has 0 saturated carbocycles. The van der Waals surface area contributed by atoms with Crippen LogP contribution >= 0.6 is 11.8 Å². The van der Waals surface area contributed by atoms with Gasteiger partial charge in [-0.15, -0.1) is 0 Å². The van der Waals surface area contributed by atoms with Crippen molar-refractivity contribution in [1.82, 2.24) is 5.32 Å². The van der Waals surface area contributed by atoms with E-state index in [1.807, 2.05) is 11.8 Å². The molecule has 0 aromatic heterocycles. The van der Waals surface area contributed by atoms with Crippen molar-refractivity contribution < 1.29 is 4.74 Å². The van der Waals surface area contributed by atoms with Gasteiger partial charge in [-0.1, -0.05) is 13.8 Å². The van der Waals surface area contributed by atoms with Gasteiger partial charge < -0.3 is 4.74 Å². The Morgan fingerprint density at radius 2 is 2.23 bits per heavy atom. The fourth-order valence-electron chi connectivity index (χ4n) is 1.85. The molecule has 1 N–H and O–H groups in total. The molecule has 1 spiro atoms. The fraction of sp³-hybridized carbons (Fsp3) is 1.00. The Labute approximate surface area is 84.8 Å². The predicted octanol–water partition coefficient (Wildman–Crippen LogP) is 1.85. The van der Waals surface area contributed by atoms with Crippen molar-refractivity contribution in [2.24, 2.45) is 5.41 Å². The molecule has 76 valence electrons. The van der Waals surface area contributed by atoms with Crippen molar-refractivity contribution in [3.05, 3.63) is 0 Å². The average Bonchev–Trinajstić information content (AvgIpc) is 2.48. The normalized spacial score (nSPS) is 44.1. The maximum atomic E-state index is 6.12. The van der Waals surface area contributed by atoms with Crippen LogP contribution in [0.15, 0.2) is 0 Å². The summed E-state index contributed by atoms with van der Waals surface area (Å²) in [5.41, 5.74) is 0.290. The van der Waals surface area contributed by atoms with Crippen molar-refractivity contribution in [1.29, 1.82) is 0 Å². The molecule has 0 radical (unpaired) electrons. The molecular weight excluding hydrogens is 182 g/mol. The quantitative estimate of drug-likeness (QED) is 0.646. The van der Waals surface area contributed by atoms with Gasteiger partial charge in [-0.25, -0.2) is 0 Å². The van der Waals surface area contributed by atoms with Crippen LogP contribution in [-0.2, 0) is 4.74 Å². The third kappa shape index (κ3) is 1.74. The molecule has 2 heterocycles. The van der Waals surface area contributed by atoms with Gasteiger partial charge in [-0.05, 0) is 19.1 Å². The van der Waals surface area contributed by atoms with Crippen LogP contribution in [0.4, 0.5) is 0 Å². The van der Waals surface area contributed by atoms with Crippen molar-refractivity contribution in [3.8, 4) is 0 Å². The van der Waals surface area contributed by atoms with Crippen molar-refractivity contribution >= 4 is 11.8 Å². The Morgan fingerprint density at radius 3 is 2.77 bits per heavy atom. The zero-order chi connectivity index (χ0) is 9.53. The van der Waals surface area contributed by atoms with Gasteiger partial charge in [0.15, 0.2) is 0 Å². The molecule has 2 rings (SSSR count). The highest BCUT2D eigenvalue weighted by atomic mass is 32.2. The van der Waals surface area contributed by atoms with E-state index in [0.29, 0.717) is 6.10 Å². The van der Waals surface area contributed by atoms with Gasteiger partial charge >= 0.3 is 0 Å². The van der Waals surface area contributed by atoms with Crippen LogP contribution in [0.2, 0.25) is 0 Å². The minimum Gasteiger partial charge on any atom is -0.356 e. The lowest BCUT2D eigenvalue weighted by atomic mass is 9.84. The molecule has 2 saturated heterocycles. The molecule has 2 fully saturated rings. The number of thioether (sulfide) groups is 1. The fourth-order valence-corrected chi connectivity index (χ4v) is 3.11. The second-order valence-electron chi connectivity index (χ2n) is 4.90. The lowest BCUT2D eigenvalue weighted by molar-refractivity contribution is -0.168. The maximum Gasteiger partial charge on any atom is 0.129 e. The number of hydrogen-bond acceptors (Lipinski definition) is 3. The molecule has 0 aliphatic carbocycles. The monoisotopic (exact) mass is 201 g/mol. The third-order valence-corrected chi connectivity index (χ3v) is 4.52. The Balaban J connectivity index is 2.06. The summed E-state index contributed by atoms with van der Waals surface area (Å²) in [6.45, 7) is 7.81.